The van der Waals surface area contributed by atoms with Gasteiger partial charge in [0.15, 0.2) is 0 Å². The largest absolute Gasteiger partial charge is 0.384 e. The Bertz CT molecular complexity index is 450. The summed E-state index contributed by atoms with van der Waals surface area (Å²) < 4.78 is 0. The van der Waals surface area contributed by atoms with Crippen molar-refractivity contribution in [3.63, 3.8) is 0 Å². The van der Waals surface area contributed by atoms with Gasteiger partial charge in [0.2, 0.25) is 0 Å². The van der Waals surface area contributed by atoms with Crippen LogP contribution in [0.3, 0.4) is 0 Å². The maximum absolute atomic E-state index is 11.4. The topological polar surface area (TPSA) is 23.5 Å². The lowest BCUT2D eigenvalue weighted by Gasteiger charge is -2.52. The van der Waals surface area contributed by atoms with Gasteiger partial charge >= 0.3 is 0 Å². The van der Waals surface area contributed by atoms with Crippen molar-refractivity contribution in [1.29, 1.82) is 0 Å². The van der Waals surface area contributed by atoms with Crippen LogP contribution in [-0.4, -0.2) is 28.6 Å². The van der Waals surface area contributed by atoms with Gasteiger partial charge in [0, 0.05) is 18.6 Å². The monoisotopic (exact) mass is 325 g/mol. The Balaban J connectivity index is 0.00000242. The molecule has 2 unspecified atom stereocenters. The molecule has 0 radical (unpaired) electrons. The van der Waals surface area contributed by atoms with Crippen LogP contribution in [-0.2, 0) is 5.60 Å². The molecule has 2 rings (SSSR count). The highest BCUT2D eigenvalue weighted by Crippen LogP contribution is 2.43. The normalized spacial score (nSPS) is 27.3. The first-order chi connectivity index (χ1) is 9.52. The number of hydrogen-bond acceptors (Lipinski definition) is 2. The lowest BCUT2D eigenvalue weighted by atomic mass is 9.69. The molecule has 22 heavy (non-hydrogen) atoms. The number of benzene rings is 1. The first-order valence-electron chi connectivity index (χ1n) is 8.05. The summed E-state index contributed by atoms with van der Waals surface area (Å²) in [5.74, 6) is 0.482. The molecule has 126 valence electrons. The lowest BCUT2D eigenvalue weighted by Crippen LogP contribution is -2.58. The van der Waals surface area contributed by atoms with E-state index in [0.717, 1.165) is 18.5 Å². The molecule has 1 aliphatic heterocycles. The Morgan fingerprint density at radius 2 is 1.59 bits per heavy atom. The summed E-state index contributed by atoms with van der Waals surface area (Å²) in [6.07, 6.45) is 0.840. The van der Waals surface area contributed by atoms with E-state index in [4.69, 9.17) is 0 Å². The summed E-state index contributed by atoms with van der Waals surface area (Å²) in [5.41, 5.74) is 0.581. The van der Waals surface area contributed by atoms with Crippen LogP contribution in [0.1, 0.15) is 53.5 Å². The highest BCUT2D eigenvalue weighted by molar-refractivity contribution is 5.85. The van der Waals surface area contributed by atoms with Crippen LogP contribution in [0.15, 0.2) is 30.3 Å². The standard InChI is InChI=1S/C19H31NO.ClH/c1-17(2,3)16-12-19(21,15-10-8-7-9-11-15)14-20(13-16)18(4,5)6;/h7-11,16,21H,12-14H2,1-6H3;1H. The van der Waals surface area contributed by atoms with Crippen LogP contribution in [0.4, 0.5) is 0 Å². The molecule has 0 saturated carbocycles. The van der Waals surface area contributed by atoms with Crippen LogP contribution in [0, 0.1) is 11.3 Å². The van der Waals surface area contributed by atoms with Gasteiger partial charge in [0.05, 0.1) is 0 Å². The molecule has 2 nitrogen and oxygen atoms in total. The maximum Gasteiger partial charge on any atom is 0.103 e. The second-order valence-electron chi connectivity index (χ2n) is 8.72. The number of halogens is 1. The van der Waals surface area contributed by atoms with Gasteiger partial charge in [-0.1, -0.05) is 51.1 Å². The van der Waals surface area contributed by atoms with E-state index in [0.29, 0.717) is 12.5 Å². The quantitative estimate of drug-likeness (QED) is 0.824. The number of β-amino-alcohol motifs (C(OH)–C–C–N with tert-alkyl or cyclic N) is 1. The Labute approximate surface area is 142 Å². The van der Waals surface area contributed by atoms with Gasteiger partial charge in [0.1, 0.15) is 5.60 Å². The number of likely N-dealkylation sites (tertiary alicyclic amines) is 1. The van der Waals surface area contributed by atoms with Gasteiger partial charge in [-0.15, -0.1) is 12.4 Å². The highest BCUT2D eigenvalue weighted by atomic mass is 35.5. The predicted molar refractivity (Wildman–Crippen MR) is 96.5 cm³/mol. The molecule has 3 heteroatoms. The summed E-state index contributed by atoms with van der Waals surface area (Å²) in [6, 6.07) is 10.2. The highest BCUT2D eigenvalue weighted by Gasteiger charge is 2.45. The second kappa shape index (κ2) is 6.51. The molecular weight excluding hydrogens is 294 g/mol. The van der Waals surface area contributed by atoms with E-state index in [2.05, 4.69) is 58.6 Å². The van der Waals surface area contributed by atoms with E-state index >= 15 is 0 Å². The van der Waals surface area contributed by atoms with Crippen molar-refractivity contribution >= 4 is 12.4 Å². The minimum Gasteiger partial charge on any atom is -0.384 e. The Hall–Kier alpha value is -0.570. The zero-order chi connectivity index (χ0) is 15.9. The van der Waals surface area contributed by atoms with Crippen LogP contribution >= 0.6 is 12.4 Å². The second-order valence-corrected chi connectivity index (χ2v) is 8.72. The van der Waals surface area contributed by atoms with Crippen molar-refractivity contribution in [3.8, 4) is 0 Å². The summed E-state index contributed by atoms with van der Waals surface area (Å²) in [5, 5.41) is 11.4. The first kappa shape index (κ1) is 19.5. The van der Waals surface area contributed by atoms with Crippen LogP contribution in [0.5, 0.6) is 0 Å². The third-order valence-corrected chi connectivity index (χ3v) is 4.96. The zero-order valence-corrected chi connectivity index (χ0v) is 15.7. The van der Waals surface area contributed by atoms with E-state index < -0.39 is 5.60 Å². The number of hydrogen-bond donors (Lipinski definition) is 1. The zero-order valence-electron chi connectivity index (χ0n) is 14.9. The summed E-state index contributed by atoms with van der Waals surface area (Å²) >= 11 is 0. The molecule has 0 aromatic heterocycles. The SMILES string of the molecule is CC(C)(C)C1CN(C(C)(C)C)CC(O)(c2ccccc2)C1.Cl. The summed E-state index contributed by atoms with van der Waals surface area (Å²) in [7, 11) is 0. The molecule has 1 heterocycles. The summed E-state index contributed by atoms with van der Waals surface area (Å²) in [4.78, 5) is 2.44. The predicted octanol–water partition coefficient (Wildman–Crippen LogP) is 4.46. The van der Waals surface area contributed by atoms with E-state index in [1.165, 1.54) is 0 Å². The third kappa shape index (κ3) is 4.24. The van der Waals surface area contributed by atoms with E-state index in [1.807, 2.05) is 18.2 Å². The molecule has 2 atom stereocenters. The Morgan fingerprint density at radius 1 is 1.05 bits per heavy atom. The van der Waals surface area contributed by atoms with Gasteiger partial charge < -0.3 is 5.11 Å². The van der Waals surface area contributed by atoms with Gasteiger partial charge in [-0.05, 0) is 44.1 Å². The fraction of sp³-hybridized carbons (Fsp3) is 0.684. The van der Waals surface area contributed by atoms with Crippen LogP contribution < -0.4 is 0 Å². The Morgan fingerprint density at radius 3 is 2.05 bits per heavy atom. The molecule has 1 saturated heterocycles. The number of nitrogens with zero attached hydrogens (tertiary/aromatic N) is 1. The molecule has 1 fully saturated rings. The number of rotatable bonds is 1. The molecule has 1 aliphatic rings. The van der Waals surface area contributed by atoms with Crippen molar-refractivity contribution in [2.75, 3.05) is 13.1 Å². The minimum absolute atomic E-state index is 0. The molecule has 1 N–H and O–H groups in total. The molecule has 0 bridgehead atoms. The van der Waals surface area contributed by atoms with Crippen molar-refractivity contribution in [2.24, 2.45) is 11.3 Å². The van der Waals surface area contributed by atoms with Crippen molar-refractivity contribution in [3.05, 3.63) is 35.9 Å². The number of aliphatic hydroxyl groups is 1. The first-order valence-corrected chi connectivity index (χ1v) is 8.05. The average Bonchev–Trinajstić information content (AvgIpc) is 2.37. The van der Waals surface area contributed by atoms with Crippen molar-refractivity contribution in [1.82, 2.24) is 4.90 Å². The van der Waals surface area contributed by atoms with Crippen molar-refractivity contribution < 1.29 is 5.11 Å². The van der Waals surface area contributed by atoms with E-state index in [9.17, 15) is 5.11 Å². The maximum atomic E-state index is 11.4. The lowest BCUT2D eigenvalue weighted by molar-refractivity contribution is -0.103. The van der Waals surface area contributed by atoms with Gasteiger partial charge in [-0.25, -0.2) is 0 Å². The number of piperidine rings is 1. The molecular formula is C19H32ClNO. The molecule has 0 spiro atoms. The van der Waals surface area contributed by atoms with Gasteiger partial charge in [-0.2, -0.15) is 0 Å². The minimum atomic E-state index is -0.745. The van der Waals surface area contributed by atoms with E-state index in [-0.39, 0.29) is 23.4 Å². The van der Waals surface area contributed by atoms with Crippen LogP contribution in [0.25, 0.3) is 0 Å². The fourth-order valence-corrected chi connectivity index (χ4v) is 3.23. The smallest absolute Gasteiger partial charge is 0.103 e. The molecule has 0 aliphatic carbocycles. The molecule has 1 aromatic carbocycles. The summed E-state index contributed by atoms with van der Waals surface area (Å²) in [6.45, 7) is 15.4. The van der Waals surface area contributed by atoms with Crippen LogP contribution in [0.2, 0.25) is 0 Å². The molecule has 0 amide bonds. The van der Waals surface area contributed by atoms with E-state index in [1.54, 1.807) is 0 Å². The van der Waals surface area contributed by atoms with Gasteiger partial charge in [0.25, 0.3) is 0 Å². The van der Waals surface area contributed by atoms with Crippen molar-refractivity contribution in [2.45, 2.75) is 59.1 Å². The Kier molecular flexibility index (Phi) is 5.76. The third-order valence-electron chi connectivity index (χ3n) is 4.96. The molecule has 1 aromatic rings. The fourth-order valence-electron chi connectivity index (χ4n) is 3.23. The average molecular weight is 326 g/mol. The van der Waals surface area contributed by atoms with Gasteiger partial charge in [-0.3, -0.25) is 4.90 Å².